The van der Waals surface area contributed by atoms with E-state index in [0.29, 0.717) is 0 Å². The highest BCUT2D eigenvalue weighted by Gasteiger charge is 2.26. The number of carboxylic acid groups (broad SMARTS) is 1. The molecule has 114 valence electrons. The molecule has 1 amide bonds. The number of alkyl carbamates (subject to hydrolysis) is 1. The summed E-state index contributed by atoms with van der Waals surface area (Å²) in [7, 11) is 0. The van der Waals surface area contributed by atoms with Gasteiger partial charge in [0.1, 0.15) is 12.6 Å². The van der Waals surface area contributed by atoms with Gasteiger partial charge in [-0.2, -0.15) is 0 Å². The highest BCUT2D eigenvalue weighted by molar-refractivity contribution is 5.91. The summed E-state index contributed by atoms with van der Waals surface area (Å²) in [4.78, 5) is 34.3. The maximum Gasteiger partial charge on any atom is 0.408 e. The van der Waals surface area contributed by atoms with Crippen LogP contribution in [0.5, 0.6) is 0 Å². The topological polar surface area (TPSA) is 92.7 Å². The van der Waals surface area contributed by atoms with Crippen LogP contribution in [0.1, 0.15) is 25.8 Å². The van der Waals surface area contributed by atoms with Gasteiger partial charge >= 0.3 is 12.1 Å². The van der Waals surface area contributed by atoms with E-state index in [-0.39, 0.29) is 18.3 Å². The van der Waals surface area contributed by atoms with Crippen LogP contribution in [0.25, 0.3) is 0 Å². The molecule has 2 N–H and O–H groups in total. The van der Waals surface area contributed by atoms with Crippen molar-refractivity contribution in [2.45, 2.75) is 32.9 Å². The number of carbonyl (C=O) groups excluding carboxylic acids is 2. The number of Topliss-reactive ketones (excluding diaryl/α,β-unsaturated/α-hetero) is 1. The van der Waals surface area contributed by atoms with Gasteiger partial charge in [0.25, 0.3) is 0 Å². The first-order valence-corrected chi connectivity index (χ1v) is 6.63. The number of hydrogen-bond acceptors (Lipinski definition) is 4. The van der Waals surface area contributed by atoms with Crippen molar-refractivity contribution in [1.82, 2.24) is 5.32 Å². The van der Waals surface area contributed by atoms with Crippen LogP contribution in [0.2, 0.25) is 0 Å². The normalized spacial score (nSPS) is 11.8. The Hall–Kier alpha value is -2.37. The minimum absolute atomic E-state index is 0.0579. The Balaban J connectivity index is 2.55. The number of carbonyl (C=O) groups is 3. The highest BCUT2D eigenvalue weighted by atomic mass is 16.5. The lowest BCUT2D eigenvalue weighted by atomic mass is 9.99. The van der Waals surface area contributed by atoms with Crippen LogP contribution < -0.4 is 5.32 Å². The Morgan fingerprint density at radius 3 is 2.33 bits per heavy atom. The van der Waals surface area contributed by atoms with E-state index in [1.54, 1.807) is 26.0 Å². The Morgan fingerprint density at radius 2 is 1.81 bits per heavy atom. The van der Waals surface area contributed by atoms with Crippen LogP contribution in [-0.4, -0.2) is 29.0 Å². The molecule has 0 saturated carbocycles. The number of benzene rings is 1. The lowest BCUT2D eigenvalue weighted by Crippen LogP contribution is -2.44. The molecule has 0 fully saturated rings. The van der Waals surface area contributed by atoms with Crippen LogP contribution in [0.4, 0.5) is 4.79 Å². The van der Waals surface area contributed by atoms with Crippen molar-refractivity contribution in [1.29, 1.82) is 0 Å². The largest absolute Gasteiger partial charge is 0.481 e. The molecule has 1 rings (SSSR count). The third-order valence-electron chi connectivity index (χ3n) is 2.80. The van der Waals surface area contributed by atoms with Gasteiger partial charge in [0.05, 0.1) is 6.42 Å². The summed E-state index contributed by atoms with van der Waals surface area (Å²) in [6.07, 6.45) is -1.27. The number of ether oxygens (including phenoxy) is 1. The lowest BCUT2D eigenvalue weighted by Gasteiger charge is -2.17. The van der Waals surface area contributed by atoms with Crippen molar-refractivity contribution in [2.24, 2.45) is 5.92 Å². The van der Waals surface area contributed by atoms with Gasteiger partial charge in [0.2, 0.25) is 0 Å². The van der Waals surface area contributed by atoms with Gasteiger partial charge in [0.15, 0.2) is 5.78 Å². The van der Waals surface area contributed by atoms with Crippen LogP contribution in [-0.2, 0) is 20.9 Å². The monoisotopic (exact) mass is 293 g/mol. The van der Waals surface area contributed by atoms with Gasteiger partial charge < -0.3 is 15.2 Å². The molecule has 1 atom stereocenters. The van der Waals surface area contributed by atoms with Gasteiger partial charge in [-0.15, -0.1) is 0 Å². The summed E-state index contributed by atoms with van der Waals surface area (Å²) in [5, 5.41) is 11.1. The second-order valence-electron chi connectivity index (χ2n) is 4.91. The molecule has 6 nitrogen and oxygen atoms in total. The molecule has 0 aromatic heterocycles. The molecule has 1 aromatic rings. The first kappa shape index (κ1) is 16.7. The second kappa shape index (κ2) is 8.04. The maximum absolute atomic E-state index is 11.9. The van der Waals surface area contributed by atoms with Crippen LogP contribution >= 0.6 is 0 Å². The number of rotatable bonds is 7. The maximum atomic E-state index is 11.9. The first-order valence-electron chi connectivity index (χ1n) is 6.63. The number of amides is 1. The fraction of sp³-hybridized carbons (Fsp3) is 0.400. The fourth-order valence-corrected chi connectivity index (χ4v) is 1.71. The Morgan fingerprint density at radius 1 is 1.19 bits per heavy atom. The molecule has 0 radical (unpaired) electrons. The van der Waals surface area contributed by atoms with Crippen molar-refractivity contribution in [3.8, 4) is 0 Å². The van der Waals surface area contributed by atoms with Crippen molar-refractivity contribution in [3.63, 3.8) is 0 Å². The van der Waals surface area contributed by atoms with E-state index in [2.05, 4.69) is 5.32 Å². The van der Waals surface area contributed by atoms with E-state index in [1.807, 2.05) is 18.2 Å². The van der Waals surface area contributed by atoms with Crippen molar-refractivity contribution in [2.75, 3.05) is 0 Å². The molecule has 0 aliphatic heterocycles. The lowest BCUT2D eigenvalue weighted by molar-refractivity contribution is -0.139. The zero-order chi connectivity index (χ0) is 15.8. The van der Waals surface area contributed by atoms with E-state index in [9.17, 15) is 14.4 Å². The van der Waals surface area contributed by atoms with Crippen LogP contribution in [0, 0.1) is 5.92 Å². The molecule has 0 spiro atoms. The summed E-state index contributed by atoms with van der Waals surface area (Å²) < 4.78 is 4.97. The average molecular weight is 293 g/mol. The molecule has 0 heterocycles. The zero-order valence-electron chi connectivity index (χ0n) is 12.0. The number of nitrogens with one attached hydrogen (secondary N) is 1. The van der Waals surface area contributed by atoms with Gasteiger partial charge in [0, 0.05) is 5.92 Å². The van der Waals surface area contributed by atoms with Crippen LogP contribution in [0.15, 0.2) is 30.3 Å². The molecule has 0 saturated heterocycles. The van der Waals surface area contributed by atoms with E-state index in [1.165, 1.54) is 0 Å². The predicted molar refractivity (Wildman–Crippen MR) is 75.6 cm³/mol. The van der Waals surface area contributed by atoms with Crippen molar-refractivity contribution >= 4 is 17.8 Å². The zero-order valence-corrected chi connectivity index (χ0v) is 12.0. The van der Waals surface area contributed by atoms with Crippen molar-refractivity contribution < 1.29 is 24.2 Å². The van der Waals surface area contributed by atoms with E-state index in [4.69, 9.17) is 9.84 Å². The quantitative estimate of drug-likeness (QED) is 0.802. The molecule has 1 unspecified atom stereocenters. The van der Waals surface area contributed by atoms with E-state index < -0.39 is 24.5 Å². The summed E-state index contributed by atoms with van der Waals surface area (Å²) in [5.41, 5.74) is 0.803. The Labute approximate surface area is 123 Å². The summed E-state index contributed by atoms with van der Waals surface area (Å²) in [5.74, 6) is -1.87. The molecular weight excluding hydrogens is 274 g/mol. The summed E-state index contributed by atoms with van der Waals surface area (Å²) in [6.45, 7) is 3.35. The molecule has 0 aliphatic rings. The fourth-order valence-electron chi connectivity index (χ4n) is 1.71. The van der Waals surface area contributed by atoms with Gasteiger partial charge in [-0.05, 0) is 5.56 Å². The summed E-state index contributed by atoms with van der Waals surface area (Å²) >= 11 is 0. The number of ketones is 1. The number of aliphatic carboxylic acids is 1. The third kappa shape index (κ3) is 6.07. The molecule has 0 aliphatic carbocycles. The minimum atomic E-state index is -1.16. The standard InChI is InChI=1S/C15H19NO5/c1-10(2)14(19)12(8-13(17)18)16-15(20)21-9-11-6-4-3-5-7-11/h3-7,10,12H,8-9H2,1-2H3,(H,16,20)(H,17,18). The van der Waals surface area contributed by atoms with Gasteiger partial charge in [-0.3, -0.25) is 9.59 Å². The molecule has 21 heavy (non-hydrogen) atoms. The Kier molecular flexibility index (Phi) is 6.39. The number of hydrogen-bond donors (Lipinski definition) is 2. The highest BCUT2D eigenvalue weighted by Crippen LogP contribution is 2.06. The van der Waals surface area contributed by atoms with Gasteiger partial charge in [-0.25, -0.2) is 4.79 Å². The molecular formula is C15H19NO5. The first-order chi connectivity index (χ1) is 9.90. The van der Waals surface area contributed by atoms with E-state index >= 15 is 0 Å². The van der Waals surface area contributed by atoms with Crippen molar-refractivity contribution in [3.05, 3.63) is 35.9 Å². The second-order valence-corrected chi connectivity index (χ2v) is 4.91. The molecule has 0 bridgehead atoms. The predicted octanol–water partition coefficient (Wildman–Crippen LogP) is 1.98. The third-order valence-corrected chi connectivity index (χ3v) is 2.80. The smallest absolute Gasteiger partial charge is 0.408 e. The average Bonchev–Trinajstić information content (AvgIpc) is 2.44. The van der Waals surface area contributed by atoms with Crippen LogP contribution in [0.3, 0.4) is 0 Å². The Bertz CT molecular complexity index is 498. The van der Waals surface area contributed by atoms with E-state index in [0.717, 1.165) is 5.56 Å². The molecule has 6 heteroatoms. The summed E-state index contributed by atoms with van der Waals surface area (Å²) in [6, 6.07) is 7.97. The SMILES string of the molecule is CC(C)C(=O)C(CC(=O)O)NC(=O)OCc1ccccc1. The minimum Gasteiger partial charge on any atom is -0.481 e. The van der Waals surface area contributed by atoms with Gasteiger partial charge in [-0.1, -0.05) is 44.2 Å². The number of carboxylic acids is 1. The molecule has 1 aromatic carbocycles.